The number of hydrogen-bond acceptors (Lipinski definition) is 4. The van der Waals surface area contributed by atoms with Crippen molar-refractivity contribution >= 4 is 27.3 Å². The molecule has 3 rings (SSSR count). The van der Waals surface area contributed by atoms with Gasteiger partial charge in [-0.15, -0.1) is 0 Å². The van der Waals surface area contributed by atoms with Crippen LogP contribution in [0.2, 0.25) is 0 Å². The normalized spacial score (nSPS) is 16.0. The van der Waals surface area contributed by atoms with Gasteiger partial charge in [-0.2, -0.15) is 0 Å². The molecule has 0 spiro atoms. The van der Waals surface area contributed by atoms with Crippen molar-refractivity contribution < 1.29 is 17.9 Å². The second-order valence-electron chi connectivity index (χ2n) is 6.52. The molecule has 1 saturated heterocycles. The van der Waals surface area contributed by atoms with E-state index < -0.39 is 10.0 Å². The lowest BCUT2D eigenvalue weighted by Crippen LogP contribution is -2.38. The molecule has 0 radical (unpaired) electrons. The van der Waals surface area contributed by atoms with Gasteiger partial charge in [-0.25, -0.2) is 8.42 Å². The Morgan fingerprint density at radius 1 is 1.15 bits per heavy atom. The number of anilines is 2. The van der Waals surface area contributed by atoms with Gasteiger partial charge in [0.2, 0.25) is 15.9 Å². The summed E-state index contributed by atoms with van der Waals surface area (Å²) in [4.78, 5) is 12.3. The number of hydrogen-bond donors (Lipinski definition) is 1. The van der Waals surface area contributed by atoms with E-state index >= 15 is 0 Å². The summed E-state index contributed by atoms with van der Waals surface area (Å²) in [5, 5.41) is 2.85. The molecular formula is C20H24N2O4S. The van der Waals surface area contributed by atoms with Crippen LogP contribution in [0.3, 0.4) is 0 Å². The Morgan fingerprint density at radius 3 is 2.63 bits per heavy atom. The van der Waals surface area contributed by atoms with Crippen molar-refractivity contribution in [3.63, 3.8) is 0 Å². The van der Waals surface area contributed by atoms with E-state index in [2.05, 4.69) is 5.32 Å². The smallest absolute Gasteiger partial charge is 0.235 e. The Morgan fingerprint density at radius 2 is 1.93 bits per heavy atom. The fourth-order valence-corrected chi connectivity index (χ4v) is 4.79. The van der Waals surface area contributed by atoms with E-state index in [1.54, 1.807) is 18.2 Å². The molecule has 1 amide bonds. The van der Waals surface area contributed by atoms with Gasteiger partial charge in [-0.1, -0.05) is 30.3 Å². The van der Waals surface area contributed by atoms with Gasteiger partial charge < -0.3 is 10.1 Å². The summed E-state index contributed by atoms with van der Waals surface area (Å²) in [6.45, 7) is 0.421. The van der Waals surface area contributed by atoms with Crippen LogP contribution in [0.25, 0.3) is 0 Å². The van der Waals surface area contributed by atoms with E-state index in [0.717, 1.165) is 12.0 Å². The van der Waals surface area contributed by atoms with Gasteiger partial charge in [0.1, 0.15) is 5.75 Å². The standard InChI is InChI=1S/C20H24N2O4S/c1-26-19-11-10-17(15-18(19)22-13-5-6-14-27(22,24)25)21-20(23)12-9-16-7-3-2-4-8-16/h2-4,7-8,10-11,15H,5-6,9,12-14H2,1H3,(H,21,23). The molecule has 1 N–H and O–H groups in total. The Hall–Kier alpha value is -2.54. The number of sulfonamides is 1. The average molecular weight is 388 g/mol. The first-order valence-corrected chi connectivity index (χ1v) is 10.6. The quantitative estimate of drug-likeness (QED) is 0.825. The SMILES string of the molecule is COc1ccc(NC(=O)CCc2ccccc2)cc1N1CCCCS1(=O)=O. The van der Waals surface area contributed by atoms with Crippen molar-refractivity contribution in [2.24, 2.45) is 0 Å². The van der Waals surface area contributed by atoms with Crippen molar-refractivity contribution in [2.45, 2.75) is 25.7 Å². The van der Waals surface area contributed by atoms with Crippen LogP contribution in [0.1, 0.15) is 24.8 Å². The largest absolute Gasteiger partial charge is 0.495 e. The number of carbonyl (C=O) groups is 1. The van der Waals surface area contributed by atoms with Gasteiger partial charge in [0.25, 0.3) is 0 Å². The first-order valence-electron chi connectivity index (χ1n) is 9.02. The molecule has 2 aromatic rings. The number of carbonyl (C=O) groups excluding carboxylic acids is 1. The van der Waals surface area contributed by atoms with E-state index in [-0.39, 0.29) is 11.7 Å². The summed E-state index contributed by atoms with van der Waals surface area (Å²) in [7, 11) is -1.85. The molecule has 0 unspecified atom stereocenters. The third-order valence-corrected chi connectivity index (χ3v) is 6.42. The lowest BCUT2D eigenvalue weighted by Gasteiger charge is -2.29. The van der Waals surface area contributed by atoms with Crippen LogP contribution in [0.15, 0.2) is 48.5 Å². The molecule has 1 aliphatic rings. The number of ether oxygens (including phenoxy) is 1. The number of benzene rings is 2. The molecule has 7 heteroatoms. The summed E-state index contributed by atoms with van der Waals surface area (Å²) in [6, 6.07) is 14.9. The lowest BCUT2D eigenvalue weighted by atomic mass is 10.1. The van der Waals surface area contributed by atoms with Crippen LogP contribution < -0.4 is 14.4 Å². The number of aryl methyl sites for hydroxylation is 1. The zero-order valence-electron chi connectivity index (χ0n) is 15.3. The molecule has 1 fully saturated rings. The van der Waals surface area contributed by atoms with E-state index in [0.29, 0.717) is 42.9 Å². The van der Waals surface area contributed by atoms with E-state index in [1.165, 1.54) is 11.4 Å². The van der Waals surface area contributed by atoms with Crippen LogP contribution >= 0.6 is 0 Å². The third-order valence-electron chi connectivity index (χ3n) is 4.56. The maximum atomic E-state index is 12.4. The van der Waals surface area contributed by atoms with Crippen LogP contribution in [-0.2, 0) is 21.2 Å². The predicted molar refractivity (Wildman–Crippen MR) is 107 cm³/mol. The zero-order valence-corrected chi connectivity index (χ0v) is 16.2. The molecule has 0 saturated carbocycles. The first kappa shape index (κ1) is 19.2. The van der Waals surface area contributed by atoms with Gasteiger partial charge in [0, 0.05) is 18.7 Å². The monoisotopic (exact) mass is 388 g/mol. The zero-order chi connectivity index (χ0) is 19.3. The molecule has 0 atom stereocenters. The average Bonchev–Trinajstić information content (AvgIpc) is 2.67. The maximum Gasteiger partial charge on any atom is 0.235 e. The van der Waals surface area contributed by atoms with Gasteiger partial charge in [-0.05, 0) is 43.0 Å². The number of rotatable bonds is 6. The number of nitrogens with zero attached hydrogens (tertiary/aromatic N) is 1. The second-order valence-corrected chi connectivity index (χ2v) is 8.53. The summed E-state index contributed by atoms with van der Waals surface area (Å²) in [5.74, 6) is 0.489. The Bertz CT molecular complexity index is 897. The van der Waals surface area contributed by atoms with Crippen molar-refractivity contribution in [3.05, 3.63) is 54.1 Å². The van der Waals surface area contributed by atoms with Crippen LogP contribution in [0, 0.1) is 0 Å². The Kier molecular flexibility index (Phi) is 6.01. The maximum absolute atomic E-state index is 12.4. The van der Waals surface area contributed by atoms with E-state index in [1.807, 2.05) is 30.3 Å². The molecule has 1 aliphatic heterocycles. The molecule has 0 aliphatic carbocycles. The highest BCUT2D eigenvalue weighted by Crippen LogP contribution is 2.35. The van der Waals surface area contributed by atoms with Crippen LogP contribution in [0.5, 0.6) is 5.75 Å². The molecule has 6 nitrogen and oxygen atoms in total. The van der Waals surface area contributed by atoms with Gasteiger partial charge in [0.05, 0.1) is 18.6 Å². The summed E-state index contributed by atoms with van der Waals surface area (Å²) < 4.78 is 31.6. The molecular weight excluding hydrogens is 364 g/mol. The summed E-state index contributed by atoms with van der Waals surface area (Å²) in [5.41, 5.74) is 2.13. The summed E-state index contributed by atoms with van der Waals surface area (Å²) in [6.07, 6.45) is 2.47. The second kappa shape index (κ2) is 8.43. The predicted octanol–water partition coefficient (Wildman–Crippen LogP) is 3.20. The van der Waals surface area contributed by atoms with E-state index in [4.69, 9.17) is 4.74 Å². The topological polar surface area (TPSA) is 75.7 Å². The van der Waals surface area contributed by atoms with Crippen molar-refractivity contribution in [2.75, 3.05) is 29.0 Å². The number of methoxy groups -OCH3 is 1. The minimum Gasteiger partial charge on any atom is -0.495 e. The molecule has 2 aromatic carbocycles. The lowest BCUT2D eigenvalue weighted by molar-refractivity contribution is -0.116. The van der Waals surface area contributed by atoms with Crippen LogP contribution in [0.4, 0.5) is 11.4 Å². The molecule has 0 aromatic heterocycles. The fraction of sp³-hybridized carbons (Fsp3) is 0.350. The Balaban J connectivity index is 1.74. The minimum absolute atomic E-state index is 0.114. The molecule has 144 valence electrons. The number of nitrogens with one attached hydrogen (secondary N) is 1. The van der Waals surface area contributed by atoms with Gasteiger partial charge in [0.15, 0.2) is 0 Å². The molecule has 1 heterocycles. The van der Waals surface area contributed by atoms with Crippen molar-refractivity contribution in [1.82, 2.24) is 0 Å². The third kappa shape index (κ3) is 4.80. The molecule has 0 bridgehead atoms. The first-order chi connectivity index (χ1) is 13.0. The molecule has 27 heavy (non-hydrogen) atoms. The number of amides is 1. The van der Waals surface area contributed by atoms with Gasteiger partial charge >= 0.3 is 0 Å². The van der Waals surface area contributed by atoms with Crippen LogP contribution in [-0.4, -0.2) is 33.7 Å². The highest BCUT2D eigenvalue weighted by molar-refractivity contribution is 7.92. The Labute approximate surface area is 160 Å². The fourth-order valence-electron chi connectivity index (χ4n) is 3.15. The summed E-state index contributed by atoms with van der Waals surface area (Å²) >= 11 is 0. The minimum atomic E-state index is -3.36. The highest BCUT2D eigenvalue weighted by atomic mass is 32.2. The van der Waals surface area contributed by atoms with E-state index in [9.17, 15) is 13.2 Å². The highest BCUT2D eigenvalue weighted by Gasteiger charge is 2.28. The van der Waals surface area contributed by atoms with Crippen molar-refractivity contribution in [1.29, 1.82) is 0 Å². The van der Waals surface area contributed by atoms with Crippen molar-refractivity contribution in [3.8, 4) is 5.75 Å². The van der Waals surface area contributed by atoms with Gasteiger partial charge in [-0.3, -0.25) is 9.10 Å².